The number of nitrogens with zero attached hydrogens (tertiary/aromatic N) is 3. The highest BCUT2D eigenvalue weighted by Gasteiger charge is 2.22. The number of nitrogens with two attached hydrogens (primary N) is 1. The number of carbonyl (C=O) groups is 1. The van der Waals surface area contributed by atoms with Crippen molar-refractivity contribution in [1.29, 1.82) is 0 Å². The van der Waals surface area contributed by atoms with Crippen LogP contribution in [0.4, 0.5) is 5.82 Å². The van der Waals surface area contributed by atoms with Crippen molar-refractivity contribution < 1.29 is 9.53 Å². The lowest BCUT2D eigenvalue weighted by Crippen LogP contribution is -2.35. The van der Waals surface area contributed by atoms with Crippen LogP contribution in [0.3, 0.4) is 0 Å². The van der Waals surface area contributed by atoms with E-state index < -0.39 is 0 Å². The molecule has 6 nitrogen and oxygen atoms in total. The number of rotatable bonds is 3. The summed E-state index contributed by atoms with van der Waals surface area (Å²) in [6, 6.07) is 9.08. The van der Waals surface area contributed by atoms with E-state index in [9.17, 15) is 4.79 Å². The van der Waals surface area contributed by atoms with Gasteiger partial charge in [-0.1, -0.05) is 12.1 Å². The Morgan fingerprint density at radius 2 is 1.95 bits per heavy atom. The molecule has 1 aromatic heterocycles. The lowest BCUT2D eigenvalue weighted by molar-refractivity contribution is 0.0718. The molecule has 1 saturated heterocycles. The topological polar surface area (TPSA) is 73.4 Å². The van der Waals surface area contributed by atoms with Gasteiger partial charge in [-0.25, -0.2) is 4.68 Å². The summed E-state index contributed by atoms with van der Waals surface area (Å²) in [5, 5.41) is 4.38. The third kappa shape index (κ3) is 2.64. The SMILES string of the molecule is COc1ccccc1-n1nc(C(=O)N2CCCCC2)cc1N. The minimum atomic E-state index is -0.0555. The molecule has 116 valence electrons. The zero-order valence-electron chi connectivity index (χ0n) is 12.7. The molecular formula is C16H20N4O2. The van der Waals surface area contributed by atoms with Crippen molar-refractivity contribution in [1.82, 2.24) is 14.7 Å². The van der Waals surface area contributed by atoms with E-state index >= 15 is 0 Å². The zero-order valence-corrected chi connectivity index (χ0v) is 12.7. The number of aromatic nitrogens is 2. The standard InChI is InChI=1S/C16H20N4O2/c1-22-14-8-4-3-7-13(14)20-15(17)11-12(18-20)16(21)19-9-5-2-6-10-19/h3-4,7-8,11H,2,5-6,9-10,17H2,1H3. The molecule has 0 saturated carbocycles. The molecule has 1 fully saturated rings. The summed E-state index contributed by atoms with van der Waals surface area (Å²) < 4.78 is 6.88. The van der Waals surface area contributed by atoms with Crippen LogP contribution in [0.5, 0.6) is 5.75 Å². The van der Waals surface area contributed by atoms with Gasteiger partial charge in [-0.05, 0) is 31.4 Å². The molecule has 2 N–H and O–H groups in total. The first-order valence-corrected chi connectivity index (χ1v) is 7.49. The lowest BCUT2D eigenvalue weighted by Gasteiger charge is -2.25. The van der Waals surface area contributed by atoms with Gasteiger partial charge in [0.1, 0.15) is 17.3 Å². The predicted octanol–water partition coefficient (Wildman–Crippen LogP) is 2.09. The first-order chi connectivity index (χ1) is 10.7. The number of piperidine rings is 1. The van der Waals surface area contributed by atoms with Gasteiger partial charge in [-0.3, -0.25) is 4.79 Å². The molecule has 1 aliphatic rings. The maximum Gasteiger partial charge on any atom is 0.274 e. The largest absolute Gasteiger partial charge is 0.494 e. The van der Waals surface area contributed by atoms with Crippen molar-refractivity contribution in [3.8, 4) is 11.4 Å². The number of anilines is 1. The van der Waals surface area contributed by atoms with Gasteiger partial charge >= 0.3 is 0 Å². The molecule has 1 aromatic carbocycles. The van der Waals surface area contributed by atoms with Crippen molar-refractivity contribution in [3.05, 3.63) is 36.0 Å². The fraction of sp³-hybridized carbons (Fsp3) is 0.375. The summed E-state index contributed by atoms with van der Waals surface area (Å²) >= 11 is 0. The second-order valence-electron chi connectivity index (χ2n) is 5.39. The van der Waals surface area contributed by atoms with E-state index in [4.69, 9.17) is 10.5 Å². The Kier molecular flexibility index (Phi) is 4.00. The highest BCUT2D eigenvalue weighted by Crippen LogP contribution is 2.25. The molecule has 0 radical (unpaired) electrons. The Labute approximate surface area is 129 Å². The third-order valence-corrected chi connectivity index (χ3v) is 3.91. The van der Waals surface area contributed by atoms with Gasteiger partial charge < -0.3 is 15.4 Å². The number of methoxy groups -OCH3 is 1. The molecule has 2 aromatic rings. The average Bonchev–Trinajstić information content (AvgIpc) is 2.96. The molecule has 3 rings (SSSR count). The van der Waals surface area contributed by atoms with Crippen LogP contribution < -0.4 is 10.5 Å². The number of hydrogen-bond donors (Lipinski definition) is 1. The molecule has 2 heterocycles. The van der Waals surface area contributed by atoms with Gasteiger partial charge in [0, 0.05) is 19.2 Å². The van der Waals surface area contributed by atoms with Gasteiger partial charge in [0.05, 0.1) is 7.11 Å². The smallest absolute Gasteiger partial charge is 0.274 e. The number of ether oxygens (including phenoxy) is 1. The molecule has 1 aliphatic heterocycles. The van der Waals surface area contributed by atoms with Crippen molar-refractivity contribution in [3.63, 3.8) is 0 Å². The van der Waals surface area contributed by atoms with Crippen LogP contribution in [0, 0.1) is 0 Å². The molecule has 6 heteroatoms. The van der Waals surface area contributed by atoms with Gasteiger partial charge in [0.25, 0.3) is 5.91 Å². The summed E-state index contributed by atoms with van der Waals surface area (Å²) in [5.74, 6) is 1.03. The van der Waals surface area contributed by atoms with E-state index in [-0.39, 0.29) is 5.91 Å². The number of nitrogen functional groups attached to an aromatic ring is 1. The van der Waals surface area contributed by atoms with E-state index in [0.717, 1.165) is 31.6 Å². The van der Waals surface area contributed by atoms with E-state index in [0.29, 0.717) is 17.3 Å². The Bertz CT molecular complexity index is 675. The molecule has 0 unspecified atom stereocenters. The average molecular weight is 300 g/mol. The van der Waals surface area contributed by atoms with Crippen LogP contribution >= 0.6 is 0 Å². The molecule has 1 amide bonds. The third-order valence-electron chi connectivity index (χ3n) is 3.91. The Hall–Kier alpha value is -2.50. The minimum Gasteiger partial charge on any atom is -0.494 e. The number of para-hydroxylation sites is 2. The maximum atomic E-state index is 12.5. The Morgan fingerprint density at radius 1 is 1.23 bits per heavy atom. The maximum absolute atomic E-state index is 12.5. The molecule has 0 atom stereocenters. The minimum absolute atomic E-state index is 0.0555. The number of carbonyl (C=O) groups excluding carboxylic acids is 1. The van der Waals surface area contributed by atoms with E-state index in [1.807, 2.05) is 29.2 Å². The predicted molar refractivity (Wildman–Crippen MR) is 84.3 cm³/mol. The summed E-state index contributed by atoms with van der Waals surface area (Å²) in [6.07, 6.45) is 3.28. The van der Waals surface area contributed by atoms with Crippen LogP contribution in [-0.4, -0.2) is 40.8 Å². The Morgan fingerprint density at radius 3 is 2.68 bits per heavy atom. The zero-order chi connectivity index (χ0) is 15.5. The van der Waals surface area contributed by atoms with Crippen LogP contribution in [0.15, 0.2) is 30.3 Å². The van der Waals surface area contributed by atoms with Crippen LogP contribution in [0.2, 0.25) is 0 Å². The van der Waals surface area contributed by atoms with Crippen LogP contribution in [-0.2, 0) is 0 Å². The molecule has 0 bridgehead atoms. The molecular weight excluding hydrogens is 280 g/mol. The fourth-order valence-corrected chi connectivity index (χ4v) is 2.76. The second-order valence-corrected chi connectivity index (χ2v) is 5.39. The van der Waals surface area contributed by atoms with E-state index in [1.54, 1.807) is 17.9 Å². The van der Waals surface area contributed by atoms with Crippen molar-refractivity contribution in [2.24, 2.45) is 0 Å². The summed E-state index contributed by atoms with van der Waals surface area (Å²) in [6.45, 7) is 1.58. The van der Waals surface area contributed by atoms with Gasteiger partial charge in [0.15, 0.2) is 5.69 Å². The first-order valence-electron chi connectivity index (χ1n) is 7.49. The second kappa shape index (κ2) is 6.09. The van der Waals surface area contributed by atoms with Gasteiger partial charge in [-0.15, -0.1) is 0 Å². The van der Waals surface area contributed by atoms with Crippen LogP contribution in [0.1, 0.15) is 29.8 Å². The molecule has 0 aliphatic carbocycles. The normalized spacial score (nSPS) is 14.9. The van der Waals surface area contributed by atoms with E-state index in [2.05, 4.69) is 5.10 Å². The fourth-order valence-electron chi connectivity index (χ4n) is 2.76. The monoisotopic (exact) mass is 300 g/mol. The van der Waals surface area contributed by atoms with Gasteiger partial charge in [-0.2, -0.15) is 5.10 Å². The highest BCUT2D eigenvalue weighted by atomic mass is 16.5. The summed E-state index contributed by atoms with van der Waals surface area (Å²) in [7, 11) is 1.60. The number of amides is 1. The van der Waals surface area contributed by atoms with Crippen molar-refractivity contribution >= 4 is 11.7 Å². The Balaban J connectivity index is 1.92. The first kappa shape index (κ1) is 14.4. The summed E-state index contributed by atoms with van der Waals surface area (Å²) in [4.78, 5) is 14.4. The number of benzene rings is 1. The quantitative estimate of drug-likeness (QED) is 0.942. The molecule has 22 heavy (non-hydrogen) atoms. The number of likely N-dealkylation sites (tertiary alicyclic amines) is 1. The van der Waals surface area contributed by atoms with E-state index in [1.165, 1.54) is 6.42 Å². The van der Waals surface area contributed by atoms with Crippen molar-refractivity contribution in [2.75, 3.05) is 25.9 Å². The lowest BCUT2D eigenvalue weighted by atomic mass is 10.1. The van der Waals surface area contributed by atoms with Crippen molar-refractivity contribution in [2.45, 2.75) is 19.3 Å². The highest BCUT2D eigenvalue weighted by molar-refractivity contribution is 5.93. The van der Waals surface area contributed by atoms with Gasteiger partial charge in [0.2, 0.25) is 0 Å². The number of hydrogen-bond acceptors (Lipinski definition) is 4. The molecule has 0 spiro atoms. The van der Waals surface area contributed by atoms with Crippen LogP contribution in [0.25, 0.3) is 5.69 Å². The summed E-state index contributed by atoms with van der Waals surface area (Å²) in [5.41, 5.74) is 7.14.